The van der Waals surface area contributed by atoms with Crippen LogP contribution in [0.1, 0.15) is 29.9 Å². The molecule has 1 amide bonds. The smallest absolute Gasteiger partial charge is 0.274 e. The minimum Gasteiger partial charge on any atom is -0.274 e. The predicted octanol–water partition coefficient (Wildman–Crippen LogP) is 2.12. The molecule has 0 fully saturated rings. The molecule has 0 bridgehead atoms. The van der Waals surface area contributed by atoms with E-state index in [-0.39, 0.29) is 5.91 Å². The van der Waals surface area contributed by atoms with Crippen LogP contribution < -0.4 is 5.48 Å². The van der Waals surface area contributed by atoms with E-state index in [0.717, 1.165) is 11.4 Å². The first-order valence-electron chi connectivity index (χ1n) is 6.32. The number of carbonyl (C=O) groups excluding carboxylic acids is 1. The molecule has 1 aromatic carbocycles. The van der Waals surface area contributed by atoms with Crippen LogP contribution in [0.2, 0.25) is 0 Å². The number of rotatable bonds is 5. The van der Waals surface area contributed by atoms with E-state index in [9.17, 15) is 4.79 Å². The standard InChI is InChI=1S/C14H17N3O2/c1-3-13-12(14(18)16-19-4-2)10-15-17(13)11-8-6-5-7-9-11/h5-10H,3-4H2,1-2H3,(H,16,18). The molecule has 5 heteroatoms. The van der Waals surface area contributed by atoms with Crippen molar-refractivity contribution in [1.29, 1.82) is 0 Å². The predicted molar refractivity (Wildman–Crippen MR) is 72.0 cm³/mol. The van der Waals surface area contributed by atoms with Gasteiger partial charge >= 0.3 is 0 Å². The monoisotopic (exact) mass is 259 g/mol. The normalized spacial score (nSPS) is 10.4. The van der Waals surface area contributed by atoms with Gasteiger partial charge < -0.3 is 0 Å². The van der Waals surface area contributed by atoms with Crippen molar-refractivity contribution in [3.8, 4) is 5.69 Å². The third-order valence-electron chi connectivity index (χ3n) is 2.76. The van der Waals surface area contributed by atoms with Crippen molar-refractivity contribution >= 4 is 5.91 Å². The molecule has 0 saturated heterocycles. The Morgan fingerprint density at radius 1 is 1.32 bits per heavy atom. The van der Waals surface area contributed by atoms with Gasteiger partial charge in [-0.05, 0) is 25.5 Å². The Hall–Kier alpha value is -2.14. The largest absolute Gasteiger partial charge is 0.278 e. The minimum atomic E-state index is -0.263. The molecular weight excluding hydrogens is 242 g/mol. The summed E-state index contributed by atoms with van der Waals surface area (Å²) in [4.78, 5) is 16.9. The maximum Gasteiger partial charge on any atom is 0.278 e. The lowest BCUT2D eigenvalue weighted by atomic mass is 10.2. The topological polar surface area (TPSA) is 56.1 Å². The molecule has 2 rings (SSSR count). The van der Waals surface area contributed by atoms with Crippen LogP contribution in [0.5, 0.6) is 0 Å². The van der Waals surface area contributed by atoms with Crippen molar-refractivity contribution in [1.82, 2.24) is 15.3 Å². The van der Waals surface area contributed by atoms with Crippen LogP contribution in [-0.2, 0) is 11.3 Å². The third-order valence-corrected chi connectivity index (χ3v) is 2.76. The number of nitrogens with one attached hydrogen (secondary N) is 1. The highest BCUT2D eigenvalue weighted by atomic mass is 16.6. The number of amides is 1. The van der Waals surface area contributed by atoms with Crippen molar-refractivity contribution in [2.45, 2.75) is 20.3 Å². The van der Waals surface area contributed by atoms with Crippen molar-refractivity contribution in [2.75, 3.05) is 6.61 Å². The molecule has 0 saturated carbocycles. The van der Waals surface area contributed by atoms with Crippen molar-refractivity contribution in [3.05, 3.63) is 47.8 Å². The van der Waals surface area contributed by atoms with E-state index in [1.54, 1.807) is 10.9 Å². The van der Waals surface area contributed by atoms with Crippen molar-refractivity contribution in [3.63, 3.8) is 0 Å². The zero-order valence-electron chi connectivity index (χ0n) is 11.1. The fourth-order valence-corrected chi connectivity index (χ4v) is 1.89. The van der Waals surface area contributed by atoms with Gasteiger partial charge in [-0.15, -0.1) is 0 Å². The number of carbonyl (C=O) groups is 1. The average Bonchev–Trinajstić information content (AvgIpc) is 2.89. The van der Waals surface area contributed by atoms with Crippen LogP contribution in [0.4, 0.5) is 0 Å². The highest BCUT2D eigenvalue weighted by Crippen LogP contribution is 2.15. The second-order valence-electron chi connectivity index (χ2n) is 3.97. The van der Waals surface area contributed by atoms with Gasteiger partial charge in [-0.3, -0.25) is 9.63 Å². The van der Waals surface area contributed by atoms with Gasteiger partial charge in [-0.25, -0.2) is 10.2 Å². The summed E-state index contributed by atoms with van der Waals surface area (Å²) >= 11 is 0. The number of hydrogen-bond acceptors (Lipinski definition) is 3. The van der Waals surface area contributed by atoms with Crippen molar-refractivity contribution < 1.29 is 9.63 Å². The summed E-state index contributed by atoms with van der Waals surface area (Å²) in [5, 5.41) is 4.29. The number of nitrogens with zero attached hydrogens (tertiary/aromatic N) is 2. The zero-order valence-corrected chi connectivity index (χ0v) is 11.1. The van der Waals surface area contributed by atoms with Crippen LogP contribution in [0.15, 0.2) is 36.5 Å². The Kier molecular flexibility index (Phi) is 4.30. The molecule has 0 atom stereocenters. The van der Waals surface area contributed by atoms with Gasteiger partial charge in [-0.2, -0.15) is 5.10 Å². The first kappa shape index (κ1) is 13.3. The zero-order chi connectivity index (χ0) is 13.7. The van der Waals surface area contributed by atoms with E-state index in [2.05, 4.69) is 10.6 Å². The van der Waals surface area contributed by atoms with E-state index < -0.39 is 0 Å². The Labute approximate surface area is 112 Å². The van der Waals surface area contributed by atoms with Crippen molar-refractivity contribution in [2.24, 2.45) is 0 Å². The second-order valence-corrected chi connectivity index (χ2v) is 3.97. The molecule has 1 aromatic heterocycles. The Morgan fingerprint density at radius 3 is 2.68 bits per heavy atom. The van der Waals surface area contributed by atoms with Crippen LogP contribution in [0.3, 0.4) is 0 Å². The van der Waals surface area contributed by atoms with E-state index in [4.69, 9.17) is 4.84 Å². The molecule has 0 aliphatic rings. The number of aromatic nitrogens is 2. The second kappa shape index (κ2) is 6.15. The van der Waals surface area contributed by atoms with E-state index in [1.807, 2.05) is 44.2 Å². The fraction of sp³-hybridized carbons (Fsp3) is 0.286. The fourth-order valence-electron chi connectivity index (χ4n) is 1.89. The molecule has 0 spiro atoms. The number of hydroxylamine groups is 1. The minimum absolute atomic E-state index is 0.263. The number of benzene rings is 1. The van der Waals surface area contributed by atoms with Gasteiger partial charge in [0.15, 0.2) is 0 Å². The maximum absolute atomic E-state index is 11.9. The van der Waals surface area contributed by atoms with Gasteiger partial charge in [-0.1, -0.05) is 25.1 Å². The molecular formula is C14H17N3O2. The first-order valence-corrected chi connectivity index (χ1v) is 6.32. The lowest BCUT2D eigenvalue weighted by molar-refractivity contribution is 0.0363. The number of hydrogen-bond donors (Lipinski definition) is 1. The van der Waals surface area contributed by atoms with Crippen LogP contribution in [0, 0.1) is 0 Å². The molecule has 0 radical (unpaired) electrons. The summed E-state index contributed by atoms with van der Waals surface area (Å²) in [5.74, 6) is -0.263. The molecule has 100 valence electrons. The lowest BCUT2D eigenvalue weighted by Crippen LogP contribution is -2.24. The molecule has 0 aliphatic carbocycles. The molecule has 5 nitrogen and oxygen atoms in total. The molecule has 1 N–H and O–H groups in total. The highest BCUT2D eigenvalue weighted by molar-refractivity contribution is 5.94. The van der Waals surface area contributed by atoms with Gasteiger partial charge in [0.2, 0.25) is 0 Å². The van der Waals surface area contributed by atoms with E-state index >= 15 is 0 Å². The summed E-state index contributed by atoms with van der Waals surface area (Å²) in [6, 6.07) is 9.74. The van der Waals surface area contributed by atoms with Crippen LogP contribution in [-0.4, -0.2) is 22.3 Å². The summed E-state index contributed by atoms with van der Waals surface area (Å²) in [6.45, 7) is 4.24. The molecule has 0 aliphatic heterocycles. The molecule has 1 heterocycles. The van der Waals surface area contributed by atoms with Gasteiger partial charge in [0.05, 0.1) is 29.7 Å². The Balaban J connectivity index is 2.33. The summed E-state index contributed by atoms with van der Waals surface area (Å²) in [5.41, 5.74) is 4.74. The molecule has 0 unspecified atom stereocenters. The Morgan fingerprint density at radius 2 is 2.05 bits per heavy atom. The summed E-state index contributed by atoms with van der Waals surface area (Å²) in [6.07, 6.45) is 2.28. The summed E-state index contributed by atoms with van der Waals surface area (Å²) in [7, 11) is 0. The van der Waals surface area contributed by atoms with E-state index in [1.165, 1.54) is 0 Å². The van der Waals surface area contributed by atoms with Gasteiger partial charge in [0.25, 0.3) is 5.91 Å². The Bertz CT molecular complexity index is 549. The highest BCUT2D eigenvalue weighted by Gasteiger charge is 2.16. The maximum atomic E-state index is 11.9. The average molecular weight is 259 g/mol. The van der Waals surface area contributed by atoms with Crippen LogP contribution in [0.25, 0.3) is 5.69 Å². The van der Waals surface area contributed by atoms with Crippen LogP contribution >= 0.6 is 0 Å². The summed E-state index contributed by atoms with van der Waals surface area (Å²) < 4.78 is 1.78. The number of para-hydroxylation sites is 1. The lowest BCUT2D eigenvalue weighted by Gasteiger charge is -2.08. The SMILES string of the molecule is CCONC(=O)c1cnn(-c2ccccc2)c1CC. The quantitative estimate of drug-likeness (QED) is 0.837. The van der Waals surface area contributed by atoms with Gasteiger partial charge in [0, 0.05) is 0 Å². The van der Waals surface area contributed by atoms with E-state index in [0.29, 0.717) is 18.6 Å². The first-order chi connectivity index (χ1) is 9.27. The molecule has 2 aromatic rings. The third kappa shape index (κ3) is 2.82. The van der Waals surface area contributed by atoms with Gasteiger partial charge in [0.1, 0.15) is 0 Å². The molecule has 19 heavy (non-hydrogen) atoms.